The molecule has 1 N–H and O–H groups in total. The van der Waals surface area contributed by atoms with Crippen molar-refractivity contribution in [1.82, 2.24) is 9.97 Å². The molecule has 3 aromatic rings. The zero-order valence-corrected chi connectivity index (χ0v) is 14.8. The van der Waals surface area contributed by atoms with Crippen molar-refractivity contribution in [2.24, 2.45) is 4.99 Å². The third-order valence-corrected chi connectivity index (χ3v) is 5.61. The van der Waals surface area contributed by atoms with Crippen LogP contribution in [-0.4, -0.2) is 22.3 Å². The zero-order chi connectivity index (χ0) is 16.4. The highest BCUT2D eigenvalue weighted by Gasteiger charge is 2.13. The van der Waals surface area contributed by atoms with Gasteiger partial charge in [-0.2, -0.15) is 0 Å². The van der Waals surface area contributed by atoms with Gasteiger partial charge in [-0.3, -0.25) is 9.98 Å². The molecule has 4 nitrogen and oxygen atoms in total. The topological polar surface area (TPSA) is 50.2 Å². The Hall–Kier alpha value is -2.31. The second-order valence-electron chi connectivity index (χ2n) is 5.59. The summed E-state index contributed by atoms with van der Waals surface area (Å²) < 4.78 is 0. The average molecular weight is 352 g/mol. The van der Waals surface area contributed by atoms with Crippen molar-refractivity contribution in [1.29, 1.82) is 0 Å². The molecule has 0 aromatic carbocycles. The summed E-state index contributed by atoms with van der Waals surface area (Å²) in [7, 11) is 0. The Bertz CT molecular complexity index is 893. The highest BCUT2D eigenvalue weighted by atomic mass is 32.1. The maximum absolute atomic E-state index is 4.71. The molecule has 0 bridgehead atoms. The molecular weight excluding hydrogens is 336 g/mol. The molecule has 0 spiro atoms. The molecule has 3 aromatic heterocycles. The molecule has 1 unspecified atom stereocenters. The number of pyridine rings is 1. The van der Waals surface area contributed by atoms with E-state index in [2.05, 4.69) is 45.8 Å². The van der Waals surface area contributed by atoms with Crippen LogP contribution in [0, 0.1) is 0 Å². The van der Waals surface area contributed by atoms with E-state index in [0.29, 0.717) is 0 Å². The fourth-order valence-electron chi connectivity index (χ4n) is 2.51. The number of dihydropyridines is 1. The predicted octanol–water partition coefficient (Wildman–Crippen LogP) is 5.09. The molecule has 0 saturated carbocycles. The van der Waals surface area contributed by atoms with Gasteiger partial charge in [-0.25, -0.2) is 4.98 Å². The number of nitrogens with zero attached hydrogens (tertiary/aromatic N) is 3. The number of hydrogen-bond acceptors (Lipinski definition) is 6. The molecule has 4 rings (SSSR count). The van der Waals surface area contributed by atoms with Gasteiger partial charge in [0, 0.05) is 24.2 Å². The van der Waals surface area contributed by atoms with Crippen LogP contribution in [0.2, 0.25) is 0 Å². The molecule has 0 amide bonds. The summed E-state index contributed by atoms with van der Waals surface area (Å²) in [4.78, 5) is 15.9. The van der Waals surface area contributed by atoms with Gasteiger partial charge in [-0.1, -0.05) is 11.6 Å². The summed E-state index contributed by atoms with van der Waals surface area (Å²) in [5.74, 6) is 0. The standard InChI is InChI=1S/C18H16N4S2/c1-12-7-9-20-17(10-12)22-18-21-14(11-23-18)16-6-5-15(24-16)13-4-2-3-8-19-13/h2-9,11,17H,10H2,1H3,(H,21,22). The van der Waals surface area contributed by atoms with Gasteiger partial charge in [-0.15, -0.1) is 22.7 Å². The van der Waals surface area contributed by atoms with Crippen molar-refractivity contribution in [3.8, 4) is 21.1 Å². The summed E-state index contributed by atoms with van der Waals surface area (Å²) in [5, 5.41) is 6.40. The average Bonchev–Trinajstić information content (AvgIpc) is 3.25. The molecular formula is C18H16N4S2. The van der Waals surface area contributed by atoms with E-state index in [1.807, 2.05) is 30.6 Å². The monoisotopic (exact) mass is 352 g/mol. The van der Waals surface area contributed by atoms with E-state index in [9.17, 15) is 0 Å². The molecule has 0 fully saturated rings. The second kappa shape index (κ2) is 6.67. The number of hydrogen-bond donors (Lipinski definition) is 1. The van der Waals surface area contributed by atoms with Crippen LogP contribution in [0.3, 0.4) is 0 Å². The van der Waals surface area contributed by atoms with Crippen LogP contribution in [0.1, 0.15) is 13.3 Å². The fourth-order valence-corrected chi connectivity index (χ4v) is 4.28. The second-order valence-corrected chi connectivity index (χ2v) is 7.53. The quantitative estimate of drug-likeness (QED) is 0.711. The maximum Gasteiger partial charge on any atom is 0.184 e. The van der Waals surface area contributed by atoms with Crippen LogP contribution >= 0.6 is 22.7 Å². The van der Waals surface area contributed by atoms with Crippen molar-refractivity contribution in [3.63, 3.8) is 0 Å². The van der Waals surface area contributed by atoms with E-state index < -0.39 is 0 Å². The number of thiazole rings is 1. The van der Waals surface area contributed by atoms with Crippen molar-refractivity contribution in [2.75, 3.05) is 5.32 Å². The number of aromatic nitrogens is 2. The number of thiophene rings is 1. The molecule has 1 aliphatic heterocycles. The molecule has 0 radical (unpaired) electrons. The normalized spacial score (nSPS) is 16.9. The first-order valence-corrected chi connectivity index (χ1v) is 9.40. The maximum atomic E-state index is 4.71. The number of nitrogens with one attached hydrogen (secondary N) is 1. The minimum absolute atomic E-state index is 0.0846. The molecule has 1 aliphatic rings. The summed E-state index contributed by atoms with van der Waals surface area (Å²) in [6.45, 7) is 2.12. The van der Waals surface area contributed by atoms with E-state index in [1.54, 1.807) is 22.7 Å². The van der Waals surface area contributed by atoms with Crippen LogP contribution in [0.5, 0.6) is 0 Å². The largest absolute Gasteiger partial charge is 0.340 e. The lowest BCUT2D eigenvalue weighted by Gasteiger charge is -2.16. The Morgan fingerprint density at radius 2 is 2.00 bits per heavy atom. The van der Waals surface area contributed by atoms with E-state index in [1.165, 1.54) is 5.57 Å². The van der Waals surface area contributed by atoms with Crippen LogP contribution in [0.25, 0.3) is 21.1 Å². The molecule has 6 heteroatoms. The first-order valence-electron chi connectivity index (χ1n) is 7.70. The lowest BCUT2D eigenvalue weighted by atomic mass is 10.1. The third kappa shape index (κ3) is 3.29. The van der Waals surface area contributed by atoms with E-state index in [-0.39, 0.29) is 6.17 Å². The fraction of sp³-hybridized carbons (Fsp3) is 0.167. The molecule has 4 heterocycles. The first-order chi connectivity index (χ1) is 11.8. The highest BCUT2D eigenvalue weighted by Crippen LogP contribution is 2.35. The van der Waals surface area contributed by atoms with Gasteiger partial charge in [-0.05, 0) is 37.3 Å². The van der Waals surface area contributed by atoms with Gasteiger partial charge >= 0.3 is 0 Å². The Balaban J connectivity index is 1.50. The Kier molecular flexibility index (Phi) is 4.23. The van der Waals surface area contributed by atoms with Crippen LogP contribution in [-0.2, 0) is 0 Å². The lowest BCUT2D eigenvalue weighted by molar-refractivity contribution is 0.743. The van der Waals surface area contributed by atoms with E-state index >= 15 is 0 Å². The van der Waals surface area contributed by atoms with Gasteiger partial charge in [0.1, 0.15) is 6.17 Å². The van der Waals surface area contributed by atoms with E-state index in [4.69, 9.17) is 4.98 Å². The van der Waals surface area contributed by atoms with Gasteiger partial charge in [0.25, 0.3) is 0 Å². The summed E-state index contributed by atoms with van der Waals surface area (Å²) in [6.07, 6.45) is 6.75. The number of allylic oxidation sites excluding steroid dienone is 1. The van der Waals surface area contributed by atoms with E-state index in [0.717, 1.165) is 32.7 Å². The molecule has 120 valence electrons. The highest BCUT2D eigenvalue weighted by molar-refractivity contribution is 7.19. The Morgan fingerprint density at radius 3 is 2.79 bits per heavy atom. The molecule has 0 aliphatic carbocycles. The predicted molar refractivity (Wildman–Crippen MR) is 103 cm³/mol. The summed E-state index contributed by atoms with van der Waals surface area (Å²) in [5.41, 5.74) is 3.33. The van der Waals surface area contributed by atoms with Gasteiger partial charge in [0.05, 0.1) is 21.1 Å². The smallest absolute Gasteiger partial charge is 0.184 e. The zero-order valence-electron chi connectivity index (χ0n) is 13.1. The molecule has 24 heavy (non-hydrogen) atoms. The lowest BCUT2D eigenvalue weighted by Crippen LogP contribution is -2.19. The minimum atomic E-state index is 0.0846. The summed E-state index contributed by atoms with van der Waals surface area (Å²) >= 11 is 3.33. The van der Waals surface area contributed by atoms with Crippen LogP contribution in [0.15, 0.2) is 58.6 Å². The van der Waals surface area contributed by atoms with Crippen molar-refractivity contribution >= 4 is 34.0 Å². The van der Waals surface area contributed by atoms with Crippen molar-refractivity contribution in [3.05, 3.63) is 53.6 Å². The van der Waals surface area contributed by atoms with Gasteiger partial charge in [0.15, 0.2) is 5.13 Å². The Labute approximate surface area is 148 Å². The van der Waals surface area contributed by atoms with Crippen molar-refractivity contribution in [2.45, 2.75) is 19.5 Å². The number of aliphatic imine (C=N–C) groups is 1. The molecule has 1 atom stereocenters. The summed E-state index contributed by atoms with van der Waals surface area (Å²) in [6, 6.07) is 10.2. The number of rotatable bonds is 4. The number of anilines is 1. The first kappa shape index (κ1) is 15.2. The van der Waals surface area contributed by atoms with Crippen molar-refractivity contribution < 1.29 is 0 Å². The van der Waals surface area contributed by atoms with Crippen LogP contribution < -0.4 is 5.32 Å². The van der Waals surface area contributed by atoms with Crippen LogP contribution in [0.4, 0.5) is 5.13 Å². The Morgan fingerprint density at radius 1 is 1.12 bits per heavy atom. The van der Waals surface area contributed by atoms with Gasteiger partial charge < -0.3 is 5.32 Å². The molecule has 0 saturated heterocycles. The van der Waals surface area contributed by atoms with Gasteiger partial charge in [0.2, 0.25) is 0 Å². The third-order valence-electron chi connectivity index (χ3n) is 3.71. The SMILES string of the molecule is CC1=CC=NC(Nc2nc(-c3ccc(-c4ccccn4)s3)cs2)C1. The minimum Gasteiger partial charge on any atom is -0.340 e.